The van der Waals surface area contributed by atoms with Gasteiger partial charge in [-0.2, -0.15) is 0 Å². The van der Waals surface area contributed by atoms with E-state index in [2.05, 4.69) is 12.2 Å². The number of nitrogens with one attached hydrogen (secondary N) is 1. The topological polar surface area (TPSA) is 61.8 Å². The van der Waals surface area contributed by atoms with Crippen molar-refractivity contribution in [3.05, 3.63) is 0 Å². The Kier molecular flexibility index (Phi) is 5.05. The fourth-order valence-electron chi connectivity index (χ4n) is 3.00. The Morgan fingerprint density at radius 2 is 2.16 bits per heavy atom. The number of ether oxygens (including phenoxy) is 1. The van der Waals surface area contributed by atoms with E-state index >= 15 is 0 Å². The highest BCUT2D eigenvalue weighted by molar-refractivity contribution is 5.69. The van der Waals surface area contributed by atoms with E-state index in [1.165, 1.54) is 6.42 Å². The molecule has 5 heteroatoms. The lowest BCUT2D eigenvalue weighted by Gasteiger charge is -2.38. The zero-order valence-electron chi connectivity index (χ0n) is 11.9. The maximum absolute atomic E-state index is 11.2. The van der Waals surface area contributed by atoms with Crippen LogP contribution in [0.3, 0.4) is 0 Å². The molecule has 0 aromatic rings. The lowest BCUT2D eigenvalue weighted by Crippen LogP contribution is -2.50. The summed E-state index contributed by atoms with van der Waals surface area (Å²) < 4.78 is 4.88. The van der Waals surface area contributed by atoms with E-state index in [1.54, 1.807) is 4.90 Å². The quantitative estimate of drug-likeness (QED) is 0.718. The fourth-order valence-corrected chi connectivity index (χ4v) is 3.00. The molecule has 2 fully saturated rings. The molecule has 5 nitrogen and oxygen atoms in total. The minimum absolute atomic E-state index is 0.123. The van der Waals surface area contributed by atoms with Crippen LogP contribution in [0.1, 0.15) is 45.4 Å². The van der Waals surface area contributed by atoms with Crippen molar-refractivity contribution in [2.75, 3.05) is 26.2 Å². The van der Waals surface area contributed by atoms with Crippen molar-refractivity contribution in [2.24, 2.45) is 0 Å². The molecule has 1 atom stereocenters. The van der Waals surface area contributed by atoms with Crippen LogP contribution in [0.4, 0.5) is 4.79 Å². The summed E-state index contributed by atoms with van der Waals surface area (Å²) in [5.74, 6) is 0. The number of carbonyl (C=O) groups is 1. The normalized spacial score (nSPS) is 24.3. The number of nitrogens with zero attached hydrogens (tertiary/aromatic N) is 1. The van der Waals surface area contributed by atoms with Gasteiger partial charge in [-0.1, -0.05) is 19.3 Å². The summed E-state index contributed by atoms with van der Waals surface area (Å²) in [6, 6.07) is 0.123. The Morgan fingerprint density at radius 3 is 2.79 bits per heavy atom. The van der Waals surface area contributed by atoms with Gasteiger partial charge in [-0.15, -0.1) is 0 Å². The second-order valence-corrected chi connectivity index (χ2v) is 5.80. The van der Waals surface area contributed by atoms with Gasteiger partial charge in [0, 0.05) is 12.6 Å². The minimum Gasteiger partial charge on any atom is -0.448 e. The molecule has 1 amide bonds. The molecule has 2 rings (SSSR count). The van der Waals surface area contributed by atoms with Gasteiger partial charge in [0.2, 0.25) is 0 Å². The van der Waals surface area contributed by atoms with E-state index in [0.29, 0.717) is 13.2 Å². The van der Waals surface area contributed by atoms with Crippen LogP contribution in [0.2, 0.25) is 0 Å². The number of carbonyl (C=O) groups excluding carboxylic acids is 1. The second kappa shape index (κ2) is 6.57. The molecule has 0 aromatic heterocycles. The molecule has 110 valence electrons. The van der Waals surface area contributed by atoms with Gasteiger partial charge in [0.05, 0.1) is 12.1 Å². The first-order valence-corrected chi connectivity index (χ1v) is 7.49. The Hall–Kier alpha value is -0.810. The van der Waals surface area contributed by atoms with E-state index in [-0.39, 0.29) is 12.1 Å². The molecular formula is C14H26N2O3. The molecule has 1 aliphatic heterocycles. The Labute approximate surface area is 115 Å². The average Bonchev–Trinajstić information content (AvgIpc) is 2.81. The van der Waals surface area contributed by atoms with E-state index in [4.69, 9.17) is 4.74 Å². The average molecular weight is 270 g/mol. The monoisotopic (exact) mass is 270 g/mol. The van der Waals surface area contributed by atoms with Crippen molar-refractivity contribution in [1.29, 1.82) is 0 Å². The highest BCUT2D eigenvalue weighted by atomic mass is 16.6. The van der Waals surface area contributed by atoms with Gasteiger partial charge < -0.3 is 20.1 Å². The highest BCUT2D eigenvalue weighted by Crippen LogP contribution is 2.30. The lowest BCUT2D eigenvalue weighted by molar-refractivity contribution is -0.0251. The van der Waals surface area contributed by atoms with Gasteiger partial charge >= 0.3 is 6.09 Å². The molecular weight excluding hydrogens is 244 g/mol. The molecule has 1 aliphatic carbocycles. The van der Waals surface area contributed by atoms with E-state index < -0.39 is 5.60 Å². The summed E-state index contributed by atoms with van der Waals surface area (Å²) >= 11 is 0. The van der Waals surface area contributed by atoms with Crippen LogP contribution in [-0.4, -0.2) is 54.0 Å². The van der Waals surface area contributed by atoms with Crippen molar-refractivity contribution >= 4 is 6.09 Å². The third kappa shape index (κ3) is 3.83. The number of rotatable bonds is 6. The van der Waals surface area contributed by atoms with Gasteiger partial charge in [-0.05, 0) is 32.7 Å². The van der Waals surface area contributed by atoms with Crippen LogP contribution in [-0.2, 0) is 4.74 Å². The summed E-state index contributed by atoms with van der Waals surface area (Å²) in [7, 11) is 0. The maximum atomic E-state index is 11.2. The first-order valence-electron chi connectivity index (χ1n) is 7.49. The third-order valence-electron chi connectivity index (χ3n) is 4.43. The van der Waals surface area contributed by atoms with Gasteiger partial charge in [-0.3, -0.25) is 0 Å². The van der Waals surface area contributed by atoms with Gasteiger partial charge in [0.1, 0.15) is 6.61 Å². The van der Waals surface area contributed by atoms with Crippen LogP contribution >= 0.6 is 0 Å². The second-order valence-electron chi connectivity index (χ2n) is 5.80. The van der Waals surface area contributed by atoms with Gasteiger partial charge in [0.25, 0.3) is 0 Å². The van der Waals surface area contributed by atoms with Crippen molar-refractivity contribution < 1.29 is 14.6 Å². The first kappa shape index (κ1) is 14.6. The standard InChI is InChI=1S/C14H26N2O3/c1-12(14(18)6-3-2-4-7-14)15-8-5-9-16-10-11-19-13(16)17/h12,15,18H,2-11H2,1H3. The summed E-state index contributed by atoms with van der Waals surface area (Å²) in [5, 5.41) is 13.9. The summed E-state index contributed by atoms with van der Waals surface area (Å²) in [4.78, 5) is 13.0. The highest BCUT2D eigenvalue weighted by Gasteiger charge is 2.34. The molecule has 0 bridgehead atoms. The van der Waals surface area contributed by atoms with E-state index in [0.717, 1.165) is 45.2 Å². The molecule has 0 spiro atoms. The summed E-state index contributed by atoms with van der Waals surface area (Å²) in [6.45, 7) is 4.85. The zero-order valence-corrected chi connectivity index (χ0v) is 11.9. The first-order chi connectivity index (χ1) is 9.12. The maximum Gasteiger partial charge on any atom is 0.409 e. The number of cyclic esters (lactones) is 1. The van der Waals surface area contributed by atoms with Crippen molar-refractivity contribution in [2.45, 2.75) is 57.1 Å². The lowest BCUT2D eigenvalue weighted by atomic mass is 9.80. The largest absolute Gasteiger partial charge is 0.448 e. The number of amides is 1. The predicted molar refractivity (Wildman–Crippen MR) is 73.0 cm³/mol. The van der Waals surface area contributed by atoms with E-state index in [1.807, 2.05) is 0 Å². The molecule has 1 heterocycles. The van der Waals surface area contributed by atoms with Gasteiger partial charge in [0.15, 0.2) is 0 Å². The van der Waals surface area contributed by atoms with Crippen LogP contribution in [0.5, 0.6) is 0 Å². The minimum atomic E-state index is -0.537. The Balaban J connectivity index is 1.63. The number of aliphatic hydroxyl groups is 1. The molecule has 2 N–H and O–H groups in total. The van der Waals surface area contributed by atoms with Crippen molar-refractivity contribution in [1.82, 2.24) is 10.2 Å². The van der Waals surface area contributed by atoms with E-state index in [9.17, 15) is 9.90 Å². The molecule has 1 saturated carbocycles. The zero-order chi connectivity index (χ0) is 13.7. The van der Waals surface area contributed by atoms with Crippen LogP contribution in [0, 0.1) is 0 Å². The van der Waals surface area contributed by atoms with Crippen LogP contribution in [0.25, 0.3) is 0 Å². The van der Waals surface area contributed by atoms with Crippen LogP contribution in [0.15, 0.2) is 0 Å². The van der Waals surface area contributed by atoms with Crippen molar-refractivity contribution in [3.8, 4) is 0 Å². The van der Waals surface area contributed by atoms with Crippen molar-refractivity contribution in [3.63, 3.8) is 0 Å². The molecule has 1 unspecified atom stereocenters. The SMILES string of the molecule is CC(NCCCN1CCOC1=O)C1(O)CCCCC1. The van der Waals surface area contributed by atoms with Gasteiger partial charge in [-0.25, -0.2) is 4.79 Å². The summed E-state index contributed by atoms with van der Waals surface area (Å²) in [6.07, 6.45) is 6.00. The number of hydrogen-bond acceptors (Lipinski definition) is 4. The molecule has 19 heavy (non-hydrogen) atoms. The number of hydrogen-bond donors (Lipinski definition) is 2. The molecule has 2 aliphatic rings. The third-order valence-corrected chi connectivity index (χ3v) is 4.43. The molecule has 1 saturated heterocycles. The Bertz CT molecular complexity index is 303. The summed E-state index contributed by atoms with van der Waals surface area (Å²) in [5.41, 5.74) is -0.537. The predicted octanol–water partition coefficient (Wildman–Crippen LogP) is 1.50. The van der Waals surface area contributed by atoms with Crippen LogP contribution < -0.4 is 5.32 Å². The molecule has 0 aromatic carbocycles. The Morgan fingerprint density at radius 1 is 1.42 bits per heavy atom. The fraction of sp³-hybridized carbons (Fsp3) is 0.929. The molecule has 0 radical (unpaired) electrons. The smallest absolute Gasteiger partial charge is 0.409 e.